The number of carbonyl (C=O) groups excluding carboxylic acids is 1. The molecule has 4 rings (SSSR count). The molecule has 0 bridgehead atoms. The number of piperidine rings is 1. The lowest BCUT2D eigenvalue weighted by molar-refractivity contribution is -0.137. The highest BCUT2D eigenvalue weighted by molar-refractivity contribution is 5.80. The van der Waals surface area contributed by atoms with Crippen LogP contribution in [0.25, 0.3) is 0 Å². The first-order valence-corrected chi connectivity index (χ1v) is 10.7. The van der Waals surface area contributed by atoms with Crippen molar-refractivity contribution in [1.82, 2.24) is 20.4 Å². The maximum atomic E-state index is 13.1. The Bertz CT molecular complexity index is 898. The fraction of sp³-hybridized carbons (Fsp3) is 0.619. The number of carbonyl (C=O) groups is 1. The first-order valence-electron chi connectivity index (χ1n) is 10.7. The molecule has 3 heterocycles. The molecule has 0 aromatic carbocycles. The lowest BCUT2D eigenvalue weighted by atomic mass is 9.80. The van der Waals surface area contributed by atoms with Crippen LogP contribution in [-0.2, 0) is 16.5 Å². The number of aryl methyl sites for hydroxylation is 1. The maximum Gasteiger partial charge on any atom is 0.417 e. The number of nitrogens with zero attached hydrogens (tertiary/aromatic N) is 4. The van der Waals surface area contributed by atoms with Gasteiger partial charge in [-0.05, 0) is 37.8 Å². The van der Waals surface area contributed by atoms with E-state index in [1.165, 1.54) is 6.07 Å². The Labute approximate surface area is 178 Å². The van der Waals surface area contributed by atoms with Crippen LogP contribution in [0.15, 0.2) is 22.9 Å². The molecule has 31 heavy (non-hydrogen) atoms. The SMILES string of the molecule is Cc1nc(C2(NC(=O)C3CCN(c4ccc(C(F)(F)F)cn4)CC3)CCCCC2)no1. The van der Waals surface area contributed by atoms with E-state index in [1.807, 2.05) is 4.90 Å². The Morgan fingerprint density at radius 3 is 2.45 bits per heavy atom. The molecule has 2 aromatic rings. The topological polar surface area (TPSA) is 84.2 Å². The zero-order valence-corrected chi connectivity index (χ0v) is 17.4. The first-order chi connectivity index (χ1) is 14.8. The van der Waals surface area contributed by atoms with Crippen molar-refractivity contribution in [2.75, 3.05) is 18.0 Å². The number of alkyl halides is 3. The molecule has 2 aliphatic rings. The van der Waals surface area contributed by atoms with E-state index in [0.29, 0.717) is 43.5 Å². The van der Waals surface area contributed by atoms with E-state index in [-0.39, 0.29) is 11.8 Å². The van der Waals surface area contributed by atoms with E-state index in [9.17, 15) is 18.0 Å². The van der Waals surface area contributed by atoms with Crippen molar-refractivity contribution in [3.8, 4) is 0 Å². The van der Waals surface area contributed by atoms with Gasteiger partial charge < -0.3 is 14.7 Å². The molecule has 0 spiro atoms. The molecule has 0 radical (unpaired) electrons. The summed E-state index contributed by atoms with van der Waals surface area (Å²) in [5.74, 6) is 1.33. The van der Waals surface area contributed by atoms with Gasteiger partial charge in [0.05, 0.1) is 5.56 Å². The van der Waals surface area contributed by atoms with Crippen LogP contribution in [0, 0.1) is 12.8 Å². The Hall–Kier alpha value is -2.65. The summed E-state index contributed by atoms with van der Waals surface area (Å²) in [4.78, 5) is 23.4. The van der Waals surface area contributed by atoms with E-state index < -0.39 is 17.3 Å². The second-order valence-electron chi connectivity index (χ2n) is 8.43. The Balaban J connectivity index is 1.38. The van der Waals surface area contributed by atoms with Crippen molar-refractivity contribution >= 4 is 11.7 Å². The monoisotopic (exact) mass is 437 g/mol. The van der Waals surface area contributed by atoms with Crippen molar-refractivity contribution < 1.29 is 22.5 Å². The highest BCUT2D eigenvalue weighted by atomic mass is 19.4. The van der Waals surface area contributed by atoms with Gasteiger partial charge in [0, 0.05) is 32.1 Å². The maximum absolute atomic E-state index is 13.1. The number of hydrogen-bond donors (Lipinski definition) is 1. The number of aromatic nitrogens is 3. The summed E-state index contributed by atoms with van der Waals surface area (Å²) in [6.45, 7) is 2.86. The molecular formula is C21H26F3N5O2. The van der Waals surface area contributed by atoms with Crippen molar-refractivity contribution in [2.45, 2.75) is 63.6 Å². The average Bonchev–Trinajstić information content (AvgIpc) is 3.21. The minimum atomic E-state index is -4.40. The molecule has 7 nitrogen and oxygen atoms in total. The van der Waals surface area contributed by atoms with Crippen LogP contribution in [-0.4, -0.2) is 34.1 Å². The smallest absolute Gasteiger partial charge is 0.357 e. The van der Waals surface area contributed by atoms with Crippen molar-refractivity contribution in [2.24, 2.45) is 5.92 Å². The summed E-state index contributed by atoms with van der Waals surface area (Å²) in [5.41, 5.74) is -1.35. The molecule has 168 valence electrons. The summed E-state index contributed by atoms with van der Waals surface area (Å²) in [6.07, 6.45) is 2.34. The summed E-state index contributed by atoms with van der Waals surface area (Å²) in [7, 11) is 0. The lowest BCUT2D eigenvalue weighted by Crippen LogP contribution is -2.51. The molecule has 2 aromatic heterocycles. The summed E-state index contributed by atoms with van der Waals surface area (Å²) < 4.78 is 43.4. The predicted octanol–water partition coefficient (Wildman–Crippen LogP) is 3.98. The van der Waals surface area contributed by atoms with Gasteiger partial charge in [-0.25, -0.2) is 4.98 Å². The van der Waals surface area contributed by atoms with Gasteiger partial charge in [-0.2, -0.15) is 18.2 Å². The second-order valence-corrected chi connectivity index (χ2v) is 8.43. The third-order valence-electron chi connectivity index (χ3n) is 6.29. The molecule has 0 atom stereocenters. The summed E-state index contributed by atoms with van der Waals surface area (Å²) >= 11 is 0. The van der Waals surface area contributed by atoms with Crippen molar-refractivity contribution in [3.63, 3.8) is 0 Å². The van der Waals surface area contributed by atoms with E-state index >= 15 is 0 Å². The normalized spacial score (nSPS) is 19.9. The van der Waals surface area contributed by atoms with E-state index in [1.54, 1.807) is 6.92 Å². The van der Waals surface area contributed by atoms with Crippen LogP contribution in [0.4, 0.5) is 19.0 Å². The molecule has 10 heteroatoms. The van der Waals surface area contributed by atoms with Crippen LogP contribution in [0.2, 0.25) is 0 Å². The van der Waals surface area contributed by atoms with E-state index in [0.717, 1.165) is 44.4 Å². The van der Waals surface area contributed by atoms with Gasteiger partial charge in [0.2, 0.25) is 11.8 Å². The fourth-order valence-electron chi connectivity index (χ4n) is 4.50. The average molecular weight is 437 g/mol. The number of nitrogens with one attached hydrogen (secondary N) is 1. The third-order valence-corrected chi connectivity index (χ3v) is 6.29. The Kier molecular flexibility index (Phi) is 5.90. The number of halogens is 3. The van der Waals surface area contributed by atoms with Crippen LogP contribution < -0.4 is 10.2 Å². The largest absolute Gasteiger partial charge is 0.417 e. The molecule has 0 unspecified atom stereocenters. The zero-order chi connectivity index (χ0) is 22.1. The number of anilines is 1. The highest BCUT2D eigenvalue weighted by Crippen LogP contribution is 2.36. The molecule has 1 saturated heterocycles. The van der Waals surface area contributed by atoms with E-state index in [4.69, 9.17) is 4.52 Å². The molecule has 2 fully saturated rings. The van der Waals surface area contributed by atoms with Gasteiger partial charge in [0.15, 0.2) is 5.82 Å². The number of rotatable bonds is 4. The van der Waals surface area contributed by atoms with Gasteiger partial charge in [-0.3, -0.25) is 4.79 Å². The number of amides is 1. The summed E-state index contributed by atoms with van der Waals surface area (Å²) in [6, 6.07) is 2.43. The molecule has 1 saturated carbocycles. The first kappa shape index (κ1) is 21.6. The lowest BCUT2D eigenvalue weighted by Gasteiger charge is -2.38. The second kappa shape index (κ2) is 8.47. The Morgan fingerprint density at radius 2 is 1.90 bits per heavy atom. The highest BCUT2D eigenvalue weighted by Gasteiger charge is 2.41. The molecule has 1 aliphatic heterocycles. The number of pyridine rings is 1. The van der Waals surface area contributed by atoms with Crippen LogP contribution in [0.3, 0.4) is 0 Å². The van der Waals surface area contributed by atoms with Gasteiger partial charge in [0.25, 0.3) is 0 Å². The van der Waals surface area contributed by atoms with Crippen LogP contribution in [0.5, 0.6) is 0 Å². The van der Waals surface area contributed by atoms with Crippen molar-refractivity contribution in [3.05, 3.63) is 35.6 Å². The summed E-state index contributed by atoms with van der Waals surface area (Å²) in [5, 5.41) is 7.32. The van der Waals surface area contributed by atoms with Gasteiger partial charge in [0.1, 0.15) is 11.4 Å². The standard InChI is InChI=1S/C21H26F3N5O2/c1-14-26-19(28-31-14)20(9-3-2-4-10-20)27-18(30)15-7-11-29(12-8-15)17-6-5-16(13-25-17)21(22,23)24/h5-6,13,15H,2-4,7-12H2,1H3,(H,27,30). The molecule has 1 N–H and O–H groups in total. The molecule has 1 aliphatic carbocycles. The predicted molar refractivity (Wildman–Crippen MR) is 106 cm³/mol. The quantitative estimate of drug-likeness (QED) is 0.779. The van der Waals surface area contributed by atoms with Crippen molar-refractivity contribution in [1.29, 1.82) is 0 Å². The van der Waals surface area contributed by atoms with Crippen LogP contribution >= 0.6 is 0 Å². The fourth-order valence-corrected chi connectivity index (χ4v) is 4.50. The minimum absolute atomic E-state index is 0.0237. The molecule has 1 amide bonds. The van der Waals surface area contributed by atoms with Gasteiger partial charge in [-0.1, -0.05) is 24.4 Å². The van der Waals surface area contributed by atoms with E-state index in [2.05, 4.69) is 20.4 Å². The number of hydrogen-bond acceptors (Lipinski definition) is 6. The van der Waals surface area contributed by atoms with Gasteiger partial charge >= 0.3 is 6.18 Å². The Morgan fingerprint density at radius 1 is 1.19 bits per heavy atom. The minimum Gasteiger partial charge on any atom is -0.357 e. The molecular weight excluding hydrogens is 411 g/mol. The van der Waals surface area contributed by atoms with Crippen LogP contribution in [0.1, 0.15) is 62.2 Å². The van der Waals surface area contributed by atoms with Gasteiger partial charge in [-0.15, -0.1) is 0 Å². The third kappa shape index (κ3) is 4.67. The zero-order valence-electron chi connectivity index (χ0n) is 17.4.